The summed E-state index contributed by atoms with van der Waals surface area (Å²) >= 11 is 0. The van der Waals surface area contributed by atoms with E-state index in [2.05, 4.69) is 13.8 Å². The molecule has 0 N–H and O–H groups in total. The van der Waals surface area contributed by atoms with Crippen LogP contribution in [-0.2, 0) is 9.53 Å². The minimum Gasteiger partial charge on any atom is -0.459 e. The lowest BCUT2D eigenvalue weighted by molar-refractivity contribution is -0.207. The zero-order valence-electron chi connectivity index (χ0n) is 13.6. The molecule has 0 saturated heterocycles. The zero-order chi connectivity index (χ0) is 14.5. The summed E-state index contributed by atoms with van der Waals surface area (Å²) in [4.78, 5) is 12.2. The van der Waals surface area contributed by atoms with Crippen LogP contribution in [0.1, 0.15) is 72.6 Å². The molecule has 0 aromatic heterocycles. The van der Waals surface area contributed by atoms with Gasteiger partial charge in [0.1, 0.15) is 5.60 Å². The van der Waals surface area contributed by atoms with Crippen LogP contribution in [0.3, 0.4) is 0 Å². The van der Waals surface area contributed by atoms with E-state index in [1.54, 1.807) is 0 Å². The van der Waals surface area contributed by atoms with Crippen molar-refractivity contribution in [2.45, 2.75) is 78.2 Å². The quantitative estimate of drug-likeness (QED) is 0.704. The molecule has 2 heteroatoms. The van der Waals surface area contributed by atoms with Gasteiger partial charge in [-0.15, -0.1) is 0 Å². The van der Waals surface area contributed by atoms with E-state index in [1.807, 2.05) is 13.8 Å². The summed E-state index contributed by atoms with van der Waals surface area (Å²) in [5, 5.41) is 0. The number of esters is 1. The Labute approximate surface area is 123 Å². The molecule has 0 aliphatic heterocycles. The number of hydrogen-bond donors (Lipinski definition) is 0. The van der Waals surface area contributed by atoms with Crippen molar-refractivity contribution >= 4 is 5.97 Å². The summed E-state index contributed by atoms with van der Waals surface area (Å²) in [5.41, 5.74) is 0.0331. The van der Waals surface area contributed by atoms with E-state index in [1.165, 1.54) is 38.5 Å². The normalized spacial score (nSPS) is 41.8. The van der Waals surface area contributed by atoms with Crippen molar-refractivity contribution in [3.05, 3.63) is 0 Å². The highest BCUT2D eigenvalue weighted by molar-refractivity contribution is 5.72. The van der Waals surface area contributed by atoms with Gasteiger partial charge in [0.25, 0.3) is 0 Å². The Morgan fingerprint density at radius 2 is 1.60 bits per heavy atom. The second-order valence-electron chi connectivity index (χ2n) is 8.36. The van der Waals surface area contributed by atoms with E-state index >= 15 is 0 Å². The summed E-state index contributed by atoms with van der Waals surface area (Å²) < 4.78 is 6.09. The van der Waals surface area contributed by atoms with Crippen LogP contribution >= 0.6 is 0 Å². The monoisotopic (exact) mass is 278 g/mol. The first kappa shape index (κ1) is 14.4. The number of ether oxygens (including phenoxy) is 1. The van der Waals surface area contributed by atoms with Crippen LogP contribution in [0.5, 0.6) is 0 Å². The van der Waals surface area contributed by atoms with Gasteiger partial charge in [-0.3, -0.25) is 4.79 Å². The van der Waals surface area contributed by atoms with Crippen molar-refractivity contribution in [3.8, 4) is 0 Å². The molecule has 0 aromatic rings. The zero-order valence-corrected chi connectivity index (χ0v) is 13.6. The highest BCUT2D eigenvalue weighted by Crippen LogP contribution is 2.65. The van der Waals surface area contributed by atoms with Gasteiger partial charge < -0.3 is 4.74 Å². The molecule has 114 valence electrons. The summed E-state index contributed by atoms with van der Waals surface area (Å²) in [5.74, 6) is 2.69. The molecule has 4 fully saturated rings. The van der Waals surface area contributed by atoms with Crippen LogP contribution < -0.4 is 0 Å². The van der Waals surface area contributed by atoms with Crippen LogP contribution in [0.2, 0.25) is 0 Å². The van der Waals surface area contributed by atoms with E-state index in [-0.39, 0.29) is 22.9 Å². The Morgan fingerprint density at radius 1 is 1.15 bits per heavy atom. The molecule has 4 saturated carbocycles. The molecule has 20 heavy (non-hydrogen) atoms. The predicted octanol–water partition coefficient (Wildman–Crippen LogP) is 4.57. The molecule has 4 bridgehead atoms. The molecule has 0 amide bonds. The van der Waals surface area contributed by atoms with Crippen molar-refractivity contribution < 1.29 is 9.53 Å². The Bertz CT molecular complexity index is 363. The largest absolute Gasteiger partial charge is 0.459 e. The molecular formula is C18H30O2. The summed E-state index contributed by atoms with van der Waals surface area (Å²) in [6.45, 7) is 8.31. The van der Waals surface area contributed by atoms with Crippen molar-refractivity contribution in [1.82, 2.24) is 0 Å². The van der Waals surface area contributed by atoms with Crippen molar-refractivity contribution in [2.75, 3.05) is 0 Å². The first-order valence-electron chi connectivity index (χ1n) is 8.60. The molecule has 0 spiro atoms. The Kier molecular flexibility index (Phi) is 3.42. The van der Waals surface area contributed by atoms with Gasteiger partial charge in [0.05, 0.1) is 5.92 Å². The molecule has 4 rings (SSSR count). The maximum atomic E-state index is 12.2. The SMILES string of the molecule is CCC(C)(OC(=O)C(C)C)C12CC3CC(CC(C3)C1)C2. The molecule has 4 aliphatic rings. The Balaban J connectivity index is 1.86. The number of hydrogen-bond acceptors (Lipinski definition) is 2. The smallest absolute Gasteiger partial charge is 0.308 e. The molecule has 2 nitrogen and oxygen atoms in total. The lowest BCUT2D eigenvalue weighted by atomic mass is 9.45. The Hall–Kier alpha value is -0.530. The van der Waals surface area contributed by atoms with E-state index in [4.69, 9.17) is 4.74 Å². The van der Waals surface area contributed by atoms with Gasteiger partial charge in [0.2, 0.25) is 0 Å². The van der Waals surface area contributed by atoms with Crippen LogP contribution in [0, 0.1) is 29.1 Å². The first-order chi connectivity index (χ1) is 9.37. The molecule has 1 unspecified atom stereocenters. The van der Waals surface area contributed by atoms with Crippen molar-refractivity contribution in [2.24, 2.45) is 29.1 Å². The van der Waals surface area contributed by atoms with Gasteiger partial charge in [0.15, 0.2) is 0 Å². The summed E-state index contributed by atoms with van der Waals surface area (Å²) in [6, 6.07) is 0. The molecule has 1 atom stereocenters. The fourth-order valence-electron chi connectivity index (χ4n) is 5.65. The van der Waals surface area contributed by atoms with Gasteiger partial charge in [-0.1, -0.05) is 20.8 Å². The van der Waals surface area contributed by atoms with E-state index < -0.39 is 0 Å². The van der Waals surface area contributed by atoms with Gasteiger partial charge in [-0.05, 0) is 69.6 Å². The molecule has 0 heterocycles. The predicted molar refractivity (Wildman–Crippen MR) is 80.2 cm³/mol. The van der Waals surface area contributed by atoms with E-state index in [0.29, 0.717) is 0 Å². The fourth-order valence-corrected chi connectivity index (χ4v) is 5.65. The molecule has 4 aliphatic carbocycles. The second kappa shape index (κ2) is 4.74. The highest BCUT2D eigenvalue weighted by Gasteiger charge is 2.59. The van der Waals surface area contributed by atoms with Crippen molar-refractivity contribution in [1.29, 1.82) is 0 Å². The third kappa shape index (κ3) is 2.10. The van der Waals surface area contributed by atoms with Crippen LogP contribution in [0.15, 0.2) is 0 Å². The highest BCUT2D eigenvalue weighted by atomic mass is 16.6. The standard InChI is InChI=1S/C18H30O2/c1-5-17(4,20-16(19)12(2)3)18-9-13-6-14(10-18)8-15(7-13)11-18/h12-15H,5-11H2,1-4H3. The average Bonchev–Trinajstić information content (AvgIpc) is 2.36. The lowest BCUT2D eigenvalue weighted by Gasteiger charge is -2.62. The molecular weight excluding hydrogens is 248 g/mol. The summed E-state index contributed by atoms with van der Waals surface area (Å²) in [6.07, 6.45) is 9.18. The van der Waals surface area contributed by atoms with Gasteiger partial charge in [-0.2, -0.15) is 0 Å². The maximum Gasteiger partial charge on any atom is 0.308 e. The third-order valence-electron chi connectivity index (χ3n) is 6.63. The minimum atomic E-state index is -0.246. The second-order valence-corrected chi connectivity index (χ2v) is 8.36. The number of rotatable bonds is 4. The fraction of sp³-hybridized carbons (Fsp3) is 0.944. The molecule has 0 aromatic carbocycles. The van der Waals surface area contributed by atoms with Gasteiger partial charge in [0, 0.05) is 5.41 Å². The number of carbonyl (C=O) groups is 1. The molecule has 0 radical (unpaired) electrons. The van der Waals surface area contributed by atoms with Gasteiger partial charge in [-0.25, -0.2) is 0 Å². The van der Waals surface area contributed by atoms with Gasteiger partial charge >= 0.3 is 5.97 Å². The van der Waals surface area contributed by atoms with Crippen LogP contribution in [0.25, 0.3) is 0 Å². The van der Waals surface area contributed by atoms with E-state index in [0.717, 1.165) is 24.2 Å². The first-order valence-corrected chi connectivity index (χ1v) is 8.60. The van der Waals surface area contributed by atoms with Crippen LogP contribution in [-0.4, -0.2) is 11.6 Å². The topological polar surface area (TPSA) is 26.3 Å². The lowest BCUT2D eigenvalue weighted by Crippen LogP contribution is -2.58. The van der Waals surface area contributed by atoms with Crippen LogP contribution in [0.4, 0.5) is 0 Å². The van der Waals surface area contributed by atoms with Crippen molar-refractivity contribution in [3.63, 3.8) is 0 Å². The summed E-state index contributed by atoms with van der Waals surface area (Å²) in [7, 11) is 0. The average molecular weight is 278 g/mol. The minimum absolute atomic E-state index is 0.00917. The number of carbonyl (C=O) groups excluding carboxylic acids is 1. The maximum absolute atomic E-state index is 12.2. The van der Waals surface area contributed by atoms with E-state index in [9.17, 15) is 4.79 Å². The Morgan fingerprint density at radius 3 is 1.95 bits per heavy atom. The third-order valence-corrected chi connectivity index (χ3v) is 6.63.